The number of amides is 1. The predicted octanol–water partition coefficient (Wildman–Crippen LogP) is 3.41. The maximum atomic E-state index is 12.2. The Balaban J connectivity index is 1.60. The number of carbonyl (C=O) groups excluding carboxylic acids is 1. The summed E-state index contributed by atoms with van der Waals surface area (Å²) < 4.78 is 5.87. The Labute approximate surface area is 146 Å². The van der Waals surface area contributed by atoms with Crippen molar-refractivity contribution in [3.8, 4) is 5.88 Å². The van der Waals surface area contributed by atoms with Crippen LogP contribution in [0.4, 0.5) is 0 Å². The number of pyridine rings is 1. The minimum Gasteiger partial charge on any atom is -0.473 e. The van der Waals surface area contributed by atoms with Gasteiger partial charge in [-0.15, -0.1) is 0 Å². The van der Waals surface area contributed by atoms with Crippen LogP contribution in [0.5, 0.6) is 5.88 Å². The summed E-state index contributed by atoms with van der Waals surface area (Å²) in [4.78, 5) is 16.4. The van der Waals surface area contributed by atoms with Gasteiger partial charge in [-0.05, 0) is 38.7 Å². The first-order valence-electron chi connectivity index (χ1n) is 8.22. The molecule has 3 rings (SSSR count). The fraction of sp³-hybridized carbons (Fsp3) is 0.471. The van der Waals surface area contributed by atoms with E-state index in [9.17, 15) is 4.79 Å². The molecule has 2 N–H and O–H groups in total. The van der Waals surface area contributed by atoms with Crippen molar-refractivity contribution in [2.45, 2.75) is 51.7 Å². The number of nitrogens with zero attached hydrogens (tertiary/aromatic N) is 2. The molecule has 0 spiro atoms. The molecule has 1 aliphatic rings. The molecule has 1 amide bonds. The first-order valence-corrected chi connectivity index (χ1v) is 8.60. The minimum absolute atomic E-state index is 0.174. The molecule has 1 saturated carbocycles. The molecular formula is C17H21ClN4O2. The largest absolute Gasteiger partial charge is 0.473 e. The van der Waals surface area contributed by atoms with Gasteiger partial charge in [0, 0.05) is 24.0 Å². The molecule has 7 heteroatoms. The summed E-state index contributed by atoms with van der Waals surface area (Å²) in [5.74, 6) is 0.181. The van der Waals surface area contributed by atoms with Gasteiger partial charge >= 0.3 is 0 Å². The van der Waals surface area contributed by atoms with Gasteiger partial charge in [0.15, 0.2) is 0 Å². The van der Waals surface area contributed by atoms with Crippen LogP contribution < -0.4 is 10.1 Å². The molecule has 128 valence electrons. The lowest BCUT2D eigenvalue weighted by atomic mass is 9.98. The third-order valence-corrected chi connectivity index (χ3v) is 4.54. The normalized spacial score (nSPS) is 15.2. The molecule has 2 aromatic heterocycles. The van der Waals surface area contributed by atoms with E-state index in [1.165, 1.54) is 25.5 Å². The van der Waals surface area contributed by atoms with E-state index in [4.69, 9.17) is 16.3 Å². The van der Waals surface area contributed by atoms with Gasteiger partial charge in [-0.3, -0.25) is 9.89 Å². The summed E-state index contributed by atoms with van der Waals surface area (Å²) in [5, 5.41) is 9.96. The topological polar surface area (TPSA) is 79.9 Å². The first-order chi connectivity index (χ1) is 11.6. The van der Waals surface area contributed by atoms with Crippen LogP contribution in [0.2, 0.25) is 5.02 Å². The number of nitrogens with one attached hydrogen (secondary N) is 2. The summed E-state index contributed by atoms with van der Waals surface area (Å²) in [7, 11) is 0. The molecule has 0 bridgehead atoms. The number of aromatic nitrogens is 3. The van der Waals surface area contributed by atoms with Gasteiger partial charge in [0.25, 0.3) is 5.91 Å². The molecule has 0 unspecified atom stereocenters. The van der Waals surface area contributed by atoms with Crippen LogP contribution in [-0.4, -0.2) is 27.2 Å². The second-order valence-electron chi connectivity index (χ2n) is 6.09. The smallest absolute Gasteiger partial charge is 0.253 e. The molecule has 0 radical (unpaired) electrons. The van der Waals surface area contributed by atoms with E-state index >= 15 is 0 Å². The SMILES string of the molecule is Cc1[nH]ncc1CNC(=O)c1cnc(OC2CCCCC2)c(Cl)c1. The summed E-state index contributed by atoms with van der Waals surface area (Å²) in [6.07, 6.45) is 9.05. The highest BCUT2D eigenvalue weighted by molar-refractivity contribution is 6.32. The molecule has 2 aromatic rings. The van der Waals surface area contributed by atoms with Gasteiger partial charge < -0.3 is 10.1 Å². The molecule has 0 atom stereocenters. The molecule has 6 nitrogen and oxygen atoms in total. The number of aryl methyl sites for hydroxylation is 1. The lowest BCUT2D eigenvalue weighted by molar-refractivity contribution is 0.0950. The number of hydrogen-bond donors (Lipinski definition) is 2. The van der Waals surface area contributed by atoms with Crippen molar-refractivity contribution in [3.05, 3.63) is 40.3 Å². The van der Waals surface area contributed by atoms with E-state index < -0.39 is 0 Å². The number of halogens is 1. The molecule has 0 saturated heterocycles. The van der Waals surface area contributed by atoms with Crippen molar-refractivity contribution in [2.75, 3.05) is 0 Å². The highest BCUT2D eigenvalue weighted by Gasteiger charge is 2.18. The van der Waals surface area contributed by atoms with Gasteiger partial charge in [-0.25, -0.2) is 4.98 Å². The lowest BCUT2D eigenvalue weighted by Gasteiger charge is -2.22. The van der Waals surface area contributed by atoms with Gasteiger partial charge in [0.2, 0.25) is 5.88 Å². The van der Waals surface area contributed by atoms with E-state index in [0.29, 0.717) is 23.0 Å². The van der Waals surface area contributed by atoms with Crippen molar-refractivity contribution < 1.29 is 9.53 Å². The number of H-pyrrole nitrogens is 1. The van der Waals surface area contributed by atoms with E-state index in [0.717, 1.165) is 24.1 Å². The predicted molar refractivity (Wildman–Crippen MR) is 91.2 cm³/mol. The van der Waals surface area contributed by atoms with Crippen LogP contribution in [0.25, 0.3) is 0 Å². The third-order valence-electron chi connectivity index (χ3n) is 4.27. The fourth-order valence-electron chi connectivity index (χ4n) is 2.81. The van der Waals surface area contributed by atoms with Crippen LogP contribution >= 0.6 is 11.6 Å². The zero-order valence-electron chi connectivity index (χ0n) is 13.6. The van der Waals surface area contributed by atoms with Gasteiger partial charge in [-0.1, -0.05) is 18.0 Å². The Morgan fingerprint density at radius 3 is 2.83 bits per heavy atom. The summed E-state index contributed by atoms with van der Waals surface area (Å²) in [6, 6.07) is 1.60. The zero-order chi connectivity index (χ0) is 16.9. The van der Waals surface area contributed by atoms with Crippen molar-refractivity contribution >= 4 is 17.5 Å². The van der Waals surface area contributed by atoms with Gasteiger partial charge in [0.05, 0.1) is 11.8 Å². The second-order valence-corrected chi connectivity index (χ2v) is 6.50. The Morgan fingerprint density at radius 1 is 1.38 bits per heavy atom. The lowest BCUT2D eigenvalue weighted by Crippen LogP contribution is -2.23. The highest BCUT2D eigenvalue weighted by atomic mass is 35.5. The Bertz CT molecular complexity index is 710. The van der Waals surface area contributed by atoms with Crippen molar-refractivity contribution in [1.29, 1.82) is 0 Å². The van der Waals surface area contributed by atoms with Crippen LogP contribution in [0.1, 0.15) is 53.7 Å². The van der Waals surface area contributed by atoms with E-state index in [-0.39, 0.29) is 12.0 Å². The number of ether oxygens (including phenoxy) is 1. The summed E-state index contributed by atoms with van der Waals surface area (Å²) in [5.41, 5.74) is 2.29. The summed E-state index contributed by atoms with van der Waals surface area (Å²) in [6.45, 7) is 2.31. The van der Waals surface area contributed by atoms with Crippen molar-refractivity contribution in [1.82, 2.24) is 20.5 Å². The average Bonchev–Trinajstić information content (AvgIpc) is 3.00. The maximum Gasteiger partial charge on any atom is 0.253 e. The Morgan fingerprint density at radius 2 is 2.17 bits per heavy atom. The van der Waals surface area contributed by atoms with Crippen LogP contribution in [0.3, 0.4) is 0 Å². The fourth-order valence-corrected chi connectivity index (χ4v) is 3.02. The third kappa shape index (κ3) is 4.06. The second kappa shape index (κ2) is 7.66. The van der Waals surface area contributed by atoms with Crippen LogP contribution in [-0.2, 0) is 6.54 Å². The number of aromatic amines is 1. The molecule has 1 fully saturated rings. The van der Waals surface area contributed by atoms with E-state index in [1.54, 1.807) is 12.3 Å². The molecular weight excluding hydrogens is 328 g/mol. The van der Waals surface area contributed by atoms with E-state index in [2.05, 4.69) is 20.5 Å². The monoisotopic (exact) mass is 348 g/mol. The maximum absolute atomic E-state index is 12.2. The van der Waals surface area contributed by atoms with Crippen LogP contribution in [0.15, 0.2) is 18.5 Å². The first kappa shape index (κ1) is 16.8. The summed E-state index contributed by atoms with van der Waals surface area (Å²) >= 11 is 6.24. The van der Waals surface area contributed by atoms with Crippen molar-refractivity contribution in [2.24, 2.45) is 0 Å². The van der Waals surface area contributed by atoms with Crippen molar-refractivity contribution in [3.63, 3.8) is 0 Å². The number of carbonyl (C=O) groups is 1. The molecule has 2 heterocycles. The molecule has 1 aliphatic carbocycles. The number of rotatable bonds is 5. The highest BCUT2D eigenvalue weighted by Crippen LogP contribution is 2.27. The standard InChI is InChI=1S/C17H21ClN4O2/c1-11-13(10-21-22-11)9-19-16(23)12-7-15(18)17(20-8-12)24-14-5-3-2-4-6-14/h7-8,10,14H,2-6,9H2,1H3,(H,19,23)(H,21,22). The Hall–Kier alpha value is -2.08. The molecule has 0 aromatic carbocycles. The van der Waals surface area contributed by atoms with Gasteiger partial charge in [0.1, 0.15) is 11.1 Å². The quantitative estimate of drug-likeness (QED) is 0.867. The zero-order valence-corrected chi connectivity index (χ0v) is 14.4. The van der Waals surface area contributed by atoms with E-state index in [1.807, 2.05) is 6.92 Å². The number of hydrogen-bond acceptors (Lipinski definition) is 4. The van der Waals surface area contributed by atoms with Crippen LogP contribution in [0, 0.1) is 6.92 Å². The molecule has 0 aliphatic heterocycles. The average molecular weight is 349 g/mol. The molecule has 24 heavy (non-hydrogen) atoms. The Kier molecular flexibility index (Phi) is 5.35. The van der Waals surface area contributed by atoms with Gasteiger partial charge in [-0.2, -0.15) is 5.10 Å². The minimum atomic E-state index is -0.228.